The Kier molecular flexibility index (Phi) is 7.82. The van der Waals surface area contributed by atoms with Crippen LogP contribution in [0, 0.1) is 17.6 Å². The van der Waals surface area contributed by atoms with Crippen LogP contribution in [0.25, 0.3) is 5.57 Å². The van der Waals surface area contributed by atoms with Crippen molar-refractivity contribution < 1.29 is 23.1 Å². The fourth-order valence-electron chi connectivity index (χ4n) is 5.92. The Labute approximate surface area is 226 Å². The summed E-state index contributed by atoms with van der Waals surface area (Å²) >= 11 is 5.89. The highest BCUT2D eigenvalue weighted by Gasteiger charge is 2.37. The second-order valence-electron chi connectivity index (χ2n) is 10.6. The maximum Gasteiger partial charge on any atom is 0.247 e. The molecule has 202 valence electrons. The SMILES string of the molecule is C[C@@H]1CCC[C@H](N2CCC(c3c(F)ccc(Cl)c3F)=CC2=O)c2cc(ccn2)C2(CCOCC2)CNC1=O. The number of hydrogen-bond acceptors (Lipinski definition) is 4. The van der Waals surface area contributed by atoms with Crippen molar-refractivity contribution in [1.82, 2.24) is 15.2 Å². The largest absolute Gasteiger partial charge is 0.381 e. The van der Waals surface area contributed by atoms with Gasteiger partial charge in [0.2, 0.25) is 11.8 Å². The molecule has 38 heavy (non-hydrogen) atoms. The number of ether oxygens (including phenoxy) is 1. The van der Waals surface area contributed by atoms with E-state index in [1.807, 2.05) is 13.0 Å². The molecule has 0 radical (unpaired) electrons. The minimum absolute atomic E-state index is 0.0365. The van der Waals surface area contributed by atoms with Crippen LogP contribution in [0.1, 0.15) is 68.3 Å². The Balaban J connectivity index is 1.50. The Morgan fingerprint density at radius 1 is 1.16 bits per heavy atom. The summed E-state index contributed by atoms with van der Waals surface area (Å²) in [5.41, 5.74) is 1.65. The van der Waals surface area contributed by atoms with Crippen LogP contribution in [0.15, 0.2) is 36.5 Å². The van der Waals surface area contributed by atoms with Gasteiger partial charge in [0.05, 0.1) is 22.3 Å². The Morgan fingerprint density at radius 2 is 1.95 bits per heavy atom. The molecule has 4 heterocycles. The molecule has 2 bridgehead atoms. The molecule has 0 unspecified atom stereocenters. The van der Waals surface area contributed by atoms with Crippen molar-refractivity contribution in [3.05, 3.63) is 70.0 Å². The second kappa shape index (κ2) is 11.1. The highest BCUT2D eigenvalue weighted by atomic mass is 35.5. The van der Waals surface area contributed by atoms with Crippen LogP contribution < -0.4 is 5.32 Å². The van der Waals surface area contributed by atoms with Gasteiger partial charge in [-0.15, -0.1) is 0 Å². The first-order valence-corrected chi connectivity index (χ1v) is 13.6. The minimum atomic E-state index is -0.853. The maximum atomic E-state index is 14.7. The molecule has 2 aromatic rings. The number of halogens is 3. The zero-order valence-corrected chi connectivity index (χ0v) is 22.2. The lowest BCUT2D eigenvalue weighted by atomic mass is 9.73. The van der Waals surface area contributed by atoms with E-state index < -0.39 is 11.6 Å². The Bertz CT molecular complexity index is 1260. The highest BCUT2D eigenvalue weighted by Crippen LogP contribution is 2.39. The zero-order chi connectivity index (χ0) is 26.9. The number of nitrogens with zero attached hydrogens (tertiary/aromatic N) is 2. The minimum Gasteiger partial charge on any atom is -0.381 e. The fraction of sp³-hybridized carbons (Fsp3) is 0.483. The second-order valence-corrected chi connectivity index (χ2v) is 11.0. The number of carbonyl (C=O) groups excluding carboxylic acids is 2. The standard InChI is InChI=1S/C29H32ClF2N3O3/c1-18-3-2-4-24(35-12-8-19(15-25(35)36)26-22(31)6-5-21(30)27(26)32)23-16-20(7-11-33-23)29(17-34-28(18)37)9-13-38-14-10-29/h5-7,11,15-16,18,24H,2-4,8-10,12-14,17H2,1H3,(H,34,37)/t18-,24+/m1/s1. The summed E-state index contributed by atoms with van der Waals surface area (Å²) in [5.74, 6) is -2.03. The monoisotopic (exact) mass is 543 g/mol. The van der Waals surface area contributed by atoms with E-state index in [9.17, 15) is 18.4 Å². The summed E-state index contributed by atoms with van der Waals surface area (Å²) in [4.78, 5) is 32.7. The van der Waals surface area contributed by atoms with Gasteiger partial charge >= 0.3 is 0 Å². The number of hydrogen-bond donors (Lipinski definition) is 1. The molecule has 1 aromatic heterocycles. The molecule has 1 fully saturated rings. The van der Waals surface area contributed by atoms with Crippen LogP contribution in [0.3, 0.4) is 0 Å². The fourth-order valence-corrected chi connectivity index (χ4v) is 6.07. The van der Waals surface area contributed by atoms with Crippen LogP contribution in [0.2, 0.25) is 5.02 Å². The quantitative estimate of drug-likeness (QED) is 0.518. The predicted octanol–water partition coefficient (Wildman–Crippen LogP) is 5.35. The molecule has 3 aliphatic rings. The first kappa shape index (κ1) is 26.8. The molecule has 1 N–H and O–H groups in total. The third kappa shape index (κ3) is 5.21. The van der Waals surface area contributed by atoms with Crippen LogP contribution in [-0.2, 0) is 19.7 Å². The molecule has 1 aromatic carbocycles. The molecular weight excluding hydrogens is 512 g/mol. The number of carbonyl (C=O) groups is 2. The van der Waals surface area contributed by atoms with E-state index in [-0.39, 0.29) is 46.2 Å². The van der Waals surface area contributed by atoms with E-state index in [0.29, 0.717) is 44.7 Å². The van der Waals surface area contributed by atoms with Crippen molar-refractivity contribution in [2.75, 3.05) is 26.3 Å². The maximum absolute atomic E-state index is 14.7. The van der Waals surface area contributed by atoms with Crippen molar-refractivity contribution in [1.29, 1.82) is 0 Å². The predicted molar refractivity (Wildman–Crippen MR) is 140 cm³/mol. The lowest BCUT2D eigenvalue weighted by molar-refractivity contribution is -0.129. The third-order valence-corrected chi connectivity index (χ3v) is 8.58. The molecule has 0 saturated carbocycles. The Morgan fingerprint density at radius 3 is 2.71 bits per heavy atom. The van der Waals surface area contributed by atoms with Gasteiger partial charge < -0.3 is 15.0 Å². The van der Waals surface area contributed by atoms with Gasteiger partial charge in [-0.25, -0.2) is 8.78 Å². The van der Waals surface area contributed by atoms with E-state index in [1.54, 1.807) is 11.1 Å². The highest BCUT2D eigenvalue weighted by molar-refractivity contribution is 6.31. The first-order valence-electron chi connectivity index (χ1n) is 13.3. The lowest BCUT2D eigenvalue weighted by Gasteiger charge is -2.39. The number of amides is 2. The average Bonchev–Trinajstić information content (AvgIpc) is 2.92. The van der Waals surface area contributed by atoms with Gasteiger partial charge in [0.1, 0.15) is 5.82 Å². The van der Waals surface area contributed by atoms with E-state index >= 15 is 0 Å². The smallest absolute Gasteiger partial charge is 0.247 e. The van der Waals surface area contributed by atoms with Gasteiger partial charge in [0.25, 0.3) is 0 Å². The van der Waals surface area contributed by atoms with Crippen molar-refractivity contribution in [3.8, 4) is 0 Å². The van der Waals surface area contributed by atoms with E-state index in [0.717, 1.165) is 36.6 Å². The molecule has 2 atom stereocenters. The first-order chi connectivity index (χ1) is 18.3. The van der Waals surface area contributed by atoms with Crippen LogP contribution in [-0.4, -0.2) is 48.0 Å². The summed E-state index contributed by atoms with van der Waals surface area (Å²) in [7, 11) is 0. The van der Waals surface area contributed by atoms with Crippen LogP contribution in [0.5, 0.6) is 0 Å². The van der Waals surface area contributed by atoms with Crippen LogP contribution >= 0.6 is 11.6 Å². The van der Waals surface area contributed by atoms with Crippen molar-refractivity contribution >= 4 is 29.0 Å². The third-order valence-electron chi connectivity index (χ3n) is 8.29. The van der Waals surface area contributed by atoms with Crippen molar-refractivity contribution in [2.24, 2.45) is 5.92 Å². The van der Waals surface area contributed by atoms with Crippen LogP contribution in [0.4, 0.5) is 8.78 Å². The van der Waals surface area contributed by atoms with Gasteiger partial charge in [-0.1, -0.05) is 24.9 Å². The molecule has 0 aliphatic carbocycles. The zero-order valence-electron chi connectivity index (χ0n) is 21.4. The van der Waals surface area contributed by atoms with E-state index in [4.69, 9.17) is 16.3 Å². The number of rotatable bonds is 2. The summed E-state index contributed by atoms with van der Waals surface area (Å²) in [6.45, 7) is 3.98. The molecule has 9 heteroatoms. The van der Waals surface area contributed by atoms with E-state index in [1.165, 1.54) is 12.1 Å². The number of nitrogens with one attached hydrogen (secondary N) is 1. The summed E-state index contributed by atoms with van der Waals surface area (Å²) < 4.78 is 34.8. The number of aromatic nitrogens is 1. The molecule has 1 saturated heterocycles. The molecule has 2 amide bonds. The van der Waals surface area contributed by atoms with Crippen molar-refractivity contribution in [3.63, 3.8) is 0 Å². The Hall–Kier alpha value is -2.84. The molecule has 1 spiro atoms. The molecule has 3 aliphatic heterocycles. The lowest BCUT2D eigenvalue weighted by Crippen LogP contribution is -2.46. The topological polar surface area (TPSA) is 71.5 Å². The van der Waals surface area contributed by atoms with Gasteiger partial charge in [0, 0.05) is 49.9 Å². The summed E-state index contributed by atoms with van der Waals surface area (Å²) in [5, 5.41) is 2.99. The molecule has 5 rings (SSSR count). The van der Waals surface area contributed by atoms with Crippen molar-refractivity contribution in [2.45, 2.75) is 56.9 Å². The molecular formula is C29H32ClF2N3O3. The van der Waals surface area contributed by atoms with Gasteiger partial charge in [0.15, 0.2) is 5.82 Å². The number of benzene rings is 1. The number of fused-ring (bicyclic) bond motifs is 3. The van der Waals surface area contributed by atoms with Gasteiger partial charge in [-0.2, -0.15) is 0 Å². The normalized spacial score (nSPS) is 24.3. The summed E-state index contributed by atoms with van der Waals surface area (Å²) in [6.07, 6.45) is 6.97. The number of pyridine rings is 1. The summed E-state index contributed by atoms with van der Waals surface area (Å²) in [6, 6.07) is 6.03. The van der Waals surface area contributed by atoms with Gasteiger partial charge in [-0.3, -0.25) is 14.6 Å². The van der Waals surface area contributed by atoms with Gasteiger partial charge in [-0.05, 0) is 67.5 Å². The average molecular weight is 544 g/mol. The molecule has 6 nitrogen and oxygen atoms in total. The van der Waals surface area contributed by atoms with E-state index in [2.05, 4.69) is 16.4 Å².